The smallest absolute Gasteiger partial charge is 0.220 e. The Balaban J connectivity index is 2.01. The molecule has 1 aliphatic rings. The number of nitrogens with zero attached hydrogens (tertiary/aromatic N) is 2. The van der Waals surface area contributed by atoms with E-state index in [9.17, 15) is 4.79 Å². The quantitative estimate of drug-likeness (QED) is 0.691. The van der Waals surface area contributed by atoms with Crippen LogP contribution in [-0.4, -0.2) is 33.9 Å². The number of amides is 1. The summed E-state index contributed by atoms with van der Waals surface area (Å²) >= 11 is 0. The highest BCUT2D eigenvalue weighted by molar-refractivity contribution is 5.76. The van der Waals surface area contributed by atoms with E-state index < -0.39 is 0 Å². The Labute approximate surface area is 125 Å². The van der Waals surface area contributed by atoms with E-state index in [1.165, 1.54) is 0 Å². The predicted octanol–water partition coefficient (Wildman–Crippen LogP) is 0.744. The molecule has 0 fully saturated rings. The van der Waals surface area contributed by atoms with Crippen molar-refractivity contribution in [3.8, 4) is 0 Å². The molecule has 0 aliphatic heterocycles. The van der Waals surface area contributed by atoms with Gasteiger partial charge in [-0.15, -0.1) is 0 Å². The first-order chi connectivity index (χ1) is 10.2. The topological polar surface area (TPSA) is 93.2 Å². The van der Waals surface area contributed by atoms with Crippen molar-refractivity contribution in [2.45, 2.75) is 51.6 Å². The van der Waals surface area contributed by atoms with Gasteiger partial charge in [0.2, 0.25) is 5.91 Å². The summed E-state index contributed by atoms with van der Waals surface area (Å²) < 4.78 is 1.85. The summed E-state index contributed by atoms with van der Waals surface area (Å²) in [5, 5.41) is 16.5. The molecule has 2 rings (SSSR count). The SMILES string of the molecule is CCC(CN)CC(=O)NC1CCCc2c1cnn2CCO. The van der Waals surface area contributed by atoms with Crippen molar-refractivity contribution in [2.24, 2.45) is 11.7 Å². The molecule has 1 aliphatic carbocycles. The minimum atomic E-state index is 0.0453. The average Bonchev–Trinajstić information content (AvgIpc) is 2.89. The Morgan fingerprint density at radius 3 is 3.14 bits per heavy atom. The zero-order valence-electron chi connectivity index (χ0n) is 12.7. The van der Waals surface area contributed by atoms with Crippen molar-refractivity contribution in [1.29, 1.82) is 0 Å². The highest BCUT2D eigenvalue weighted by Gasteiger charge is 2.25. The Bertz CT molecular complexity index is 468. The number of rotatable bonds is 7. The van der Waals surface area contributed by atoms with Gasteiger partial charge in [-0.05, 0) is 31.7 Å². The van der Waals surface area contributed by atoms with Crippen LogP contribution < -0.4 is 11.1 Å². The summed E-state index contributed by atoms with van der Waals surface area (Å²) in [6.07, 6.45) is 6.18. The number of aliphatic hydroxyl groups excluding tert-OH is 1. The number of carbonyl (C=O) groups is 1. The summed E-state index contributed by atoms with van der Waals surface area (Å²) in [4.78, 5) is 12.1. The van der Waals surface area contributed by atoms with Crippen LogP contribution in [0.5, 0.6) is 0 Å². The van der Waals surface area contributed by atoms with Crippen molar-refractivity contribution in [2.75, 3.05) is 13.2 Å². The Hall–Kier alpha value is -1.40. The van der Waals surface area contributed by atoms with Gasteiger partial charge in [-0.2, -0.15) is 5.10 Å². The zero-order valence-corrected chi connectivity index (χ0v) is 12.7. The number of nitrogens with one attached hydrogen (secondary N) is 1. The first-order valence-corrected chi connectivity index (χ1v) is 7.84. The number of carbonyl (C=O) groups excluding carboxylic acids is 1. The van der Waals surface area contributed by atoms with Gasteiger partial charge in [-0.25, -0.2) is 0 Å². The third-order valence-corrected chi connectivity index (χ3v) is 4.29. The number of aliphatic hydroxyl groups is 1. The molecular weight excluding hydrogens is 268 g/mol. The fourth-order valence-electron chi connectivity index (χ4n) is 2.97. The molecule has 0 bridgehead atoms. The van der Waals surface area contributed by atoms with Gasteiger partial charge in [0, 0.05) is 17.7 Å². The van der Waals surface area contributed by atoms with Crippen LogP contribution in [0, 0.1) is 5.92 Å². The van der Waals surface area contributed by atoms with E-state index in [2.05, 4.69) is 17.3 Å². The highest BCUT2D eigenvalue weighted by Crippen LogP contribution is 2.29. The molecule has 0 saturated heterocycles. The molecule has 2 atom stereocenters. The lowest BCUT2D eigenvalue weighted by molar-refractivity contribution is -0.122. The fraction of sp³-hybridized carbons (Fsp3) is 0.733. The lowest BCUT2D eigenvalue weighted by Gasteiger charge is -2.25. The van der Waals surface area contributed by atoms with Gasteiger partial charge >= 0.3 is 0 Å². The molecule has 0 saturated carbocycles. The summed E-state index contributed by atoms with van der Waals surface area (Å²) in [7, 11) is 0. The molecule has 6 heteroatoms. The highest BCUT2D eigenvalue weighted by atomic mass is 16.3. The second-order valence-electron chi connectivity index (χ2n) is 5.72. The monoisotopic (exact) mass is 294 g/mol. The second kappa shape index (κ2) is 7.56. The van der Waals surface area contributed by atoms with Crippen LogP contribution in [0.15, 0.2) is 6.20 Å². The second-order valence-corrected chi connectivity index (χ2v) is 5.72. The number of nitrogens with two attached hydrogens (primary N) is 1. The van der Waals surface area contributed by atoms with Crippen LogP contribution in [0.2, 0.25) is 0 Å². The summed E-state index contributed by atoms with van der Waals surface area (Å²) in [6.45, 7) is 3.21. The first kappa shape index (κ1) is 16.0. The van der Waals surface area contributed by atoms with Crippen LogP contribution in [-0.2, 0) is 17.8 Å². The Morgan fingerprint density at radius 2 is 2.48 bits per heavy atom. The van der Waals surface area contributed by atoms with Crippen LogP contribution in [0.1, 0.15) is 49.9 Å². The largest absolute Gasteiger partial charge is 0.394 e. The van der Waals surface area contributed by atoms with Gasteiger partial charge in [-0.1, -0.05) is 13.3 Å². The van der Waals surface area contributed by atoms with E-state index in [0.29, 0.717) is 19.5 Å². The minimum Gasteiger partial charge on any atom is -0.394 e. The first-order valence-electron chi connectivity index (χ1n) is 7.84. The average molecular weight is 294 g/mol. The lowest BCUT2D eigenvalue weighted by atomic mass is 9.92. The fourth-order valence-corrected chi connectivity index (χ4v) is 2.97. The summed E-state index contributed by atoms with van der Waals surface area (Å²) in [6, 6.07) is 0.0453. The molecule has 1 aromatic heterocycles. The zero-order chi connectivity index (χ0) is 15.2. The number of hydrogen-bond acceptors (Lipinski definition) is 4. The molecule has 4 N–H and O–H groups in total. The molecule has 0 radical (unpaired) electrons. The maximum Gasteiger partial charge on any atom is 0.220 e. The van der Waals surface area contributed by atoms with Crippen molar-refractivity contribution in [3.05, 3.63) is 17.5 Å². The van der Waals surface area contributed by atoms with Gasteiger partial charge < -0.3 is 16.2 Å². The van der Waals surface area contributed by atoms with Gasteiger partial charge in [0.25, 0.3) is 0 Å². The third kappa shape index (κ3) is 3.83. The van der Waals surface area contributed by atoms with Crippen molar-refractivity contribution < 1.29 is 9.90 Å². The maximum atomic E-state index is 12.1. The molecule has 2 unspecified atom stereocenters. The van der Waals surface area contributed by atoms with E-state index in [1.807, 2.05) is 10.9 Å². The van der Waals surface area contributed by atoms with E-state index >= 15 is 0 Å². The molecule has 1 aromatic rings. The Kier molecular flexibility index (Phi) is 5.76. The molecule has 0 aromatic carbocycles. The molecule has 6 nitrogen and oxygen atoms in total. The number of hydrogen-bond donors (Lipinski definition) is 3. The van der Waals surface area contributed by atoms with E-state index in [-0.39, 0.29) is 24.5 Å². The molecular formula is C15H26N4O2. The van der Waals surface area contributed by atoms with Gasteiger partial charge in [-0.3, -0.25) is 9.48 Å². The van der Waals surface area contributed by atoms with Gasteiger partial charge in [0.15, 0.2) is 0 Å². The molecule has 1 heterocycles. The normalized spacial score (nSPS) is 19.1. The minimum absolute atomic E-state index is 0.0453. The van der Waals surface area contributed by atoms with Crippen LogP contribution in [0.4, 0.5) is 0 Å². The standard InChI is InChI=1S/C15H26N4O2/c1-2-11(9-16)8-15(21)18-13-4-3-5-14-12(13)10-17-19(14)6-7-20/h10-11,13,20H,2-9,16H2,1H3,(H,18,21). The van der Waals surface area contributed by atoms with E-state index in [1.54, 1.807) is 0 Å². The number of fused-ring (bicyclic) bond motifs is 1. The molecule has 1 amide bonds. The maximum absolute atomic E-state index is 12.1. The Morgan fingerprint density at radius 1 is 1.67 bits per heavy atom. The van der Waals surface area contributed by atoms with Gasteiger partial charge in [0.1, 0.15) is 0 Å². The van der Waals surface area contributed by atoms with Crippen LogP contribution in [0.25, 0.3) is 0 Å². The van der Waals surface area contributed by atoms with Crippen LogP contribution >= 0.6 is 0 Å². The predicted molar refractivity (Wildman–Crippen MR) is 80.6 cm³/mol. The van der Waals surface area contributed by atoms with Crippen molar-refractivity contribution in [1.82, 2.24) is 15.1 Å². The molecule has 21 heavy (non-hydrogen) atoms. The van der Waals surface area contributed by atoms with Gasteiger partial charge in [0.05, 0.1) is 25.4 Å². The van der Waals surface area contributed by atoms with Crippen molar-refractivity contribution >= 4 is 5.91 Å². The summed E-state index contributed by atoms with van der Waals surface area (Å²) in [5.41, 5.74) is 7.91. The number of aromatic nitrogens is 2. The third-order valence-electron chi connectivity index (χ3n) is 4.29. The molecule has 0 spiro atoms. The van der Waals surface area contributed by atoms with Crippen LogP contribution in [0.3, 0.4) is 0 Å². The van der Waals surface area contributed by atoms with Crippen molar-refractivity contribution in [3.63, 3.8) is 0 Å². The van der Waals surface area contributed by atoms with E-state index in [0.717, 1.165) is 36.9 Å². The summed E-state index contributed by atoms with van der Waals surface area (Å²) in [5.74, 6) is 0.324. The van der Waals surface area contributed by atoms with E-state index in [4.69, 9.17) is 10.8 Å². The molecule has 118 valence electrons. The lowest BCUT2D eigenvalue weighted by Crippen LogP contribution is -2.33.